The van der Waals surface area contributed by atoms with Crippen molar-refractivity contribution >= 4 is 12.0 Å². The highest BCUT2D eigenvalue weighted by atomic mass is 16.3. The number of aromatic hydroxyl groups is 1. The third-order valence-electron chi connectivity index (χ3n) is 3.14. The van der Waals surface area contributed by atoms with E-state index >= 15 is 0 Å². The van der Waals surface area contributed by atoms with Crippen LogP contribution in [0.15, 0.2) is 72.3 Å². The number of carbonyl (C=O) groups excluding carboxylic acids is 1. The molecule has 4 heteroatoms. The summed E-state index contributed by atoms with van der Waals surface area (Å²) < 4.78 is 0. The Morgan fingerprint density at radius 3 is 2.52 bits per heavy atom. The molecule has 2 rings (SSSR count). The van der Waals surface area contributed by atoms with Gasteiger partial charge in [-0.25, -0.2) is 0 Å². The normalized spacial score (nSPS) is 11.2. The molecule has 4 nitrogen and oxygen atoms in total. The number of nitrogens with one attached hydrogen (secondary N) is 1. The van der Waals surface area contributed by atoms with E-state index in [4.69, 9.17) is 5.26 Å². The van der Waals surface area contributed by atoms with Gasteiger partial charge in [-0.3, -0.25) is 4.79 Å². The lowest BCUT2D eigenvalue weighted by molar-refractivity contribution is -0.117. The molecule has 0 aromatic heterocycles. The number of phenols is 1. The summed E-state index contributed by atoms with van der Waals surface area (Å²) in [7, 11) is 0. The van der Waals surface area contributed by atoms with E-state index in [0.29, 0.717) is 12.1 Å². The van der Waals surface area contributed by atoms with Crippen LogP contribution in [0.25, 0.3) is 6.08 Å². The summed E-state index contributed by atoms with van der Waals surface area (Å²) in [5.74, 6) is -0.289. The van der Waals surface area contributed by atoms with Gasteiger partial charge in [-0.1, -0.05) is 60.7 Å². The van der Waals surface area contributed by atoms with Gasteiger partial charge in [-0.2, -0.15) is 5.26 Å². The van der Waals surface area contributed by atoms with Crippen LogP contribution in [-0.4, -0.2) is 11.0 Å². The Morgan fingerprint density at radius 2 is 1.83 bits per heavy atom. The Bertz CT molecular complexity index is 771. The van der Waals surface area contributed by atoms with Crippen molar-refractivity contribution in [3.63, 3.8) is 0 Å². The van der Waals surface area contributed by atoms with Crippen LogP contribution in [-0.2, 0) is 11.3 Å². The van der Waals surface area contributed by atoms with Gasteiger partial charge in [0.1, 0.15) is 17.4 Å². The lowest BCUT2D eigenvalue weighted by atomic mass is 10.1. The summed E-state index contributed by atoms with van der Waals surface area (Å²) in [4.78, 5) is 12.0. The largest absolute Gasteiger partial charge is 0.507 e. The van der Waals surface area contributed by atoms with Gasteiger partial charge in [0.05, 0.1) is 0 Å². The van der Waals surface area contributed by atoms with Crippen LogP contribution in [0.1, 0.15) is 11.1 Å². The molecule has 0 bridgehead atoms. The third kappa shape index (κ3) is 4.87. The molecule has 23 heavy (non-hydrogen) atoms. The lowest BCUT2D eigenvalue weighted by Crippen LogP contribution is -2.23. The monoisotopic (exact) mass is 304 g/mol. The summed E-state index contributed by atoms with van der Waals surface area (Å²) in [6.45, 7) is 0.363. The minimum Gasteiger partial charge on any atom is -0.507 e. The molecule has 0 saturated carbocycles. The van der Waals surface area contributed by atoms with Crippen LogP contribution in [0.3, 0.4) is 0 Å². The van der Waals surface area contributed by atoms with Gasteiger partial charge in [0.2, 0.25) is 0 Å². The first-order chi connectivity index (χ1) is 11.2. The fourth-order valence-electron chi connectivity index (χ4n) is 1.91. The van der Waals surface area contributed by atoms with Gasteiger partial charge in [0, 0.05) is 12.1 Å². The number of hydrogen-bond donors (Lipinski definition) is 2. The topological polar surface area (TPSA) is 73.1 Å². The van der Waals surface area contributed by atoms with Gasteiger partial charge in [0.25, 0.3) is 5.91 Å². The van der Waals surface area contributed by atoms with Crippen molar-refractivity contribution in [1.82, 2.24) is 5.32 Å². The zero-order valence-corrected chi connectivity index (χ0v) is 12.4. The van der Waals surface area contributed by atoms with E-state index < -0.39 is 5.91 Å². The molecule has 2 aromatic carbocycles. The van der Waals surface area contributed by atoms with Crippen LogP contribution in [0.2, 0.25) is 0 Å². The number of allylic oxidation sites excluding steroid dienone is 2. The number of nitrogens with zero attached hydrogens (tertiary/aromatic N) is 1. The summed E-state index contributed by atoms with van der Waals surface area (Å²) in [5, 5.41) is 21.4. The van der Waals surface area contributed by atoms with Gasteiger partial charge in [0.15, 0.2) is 0 Å². The van der Waals surface area contributed by atoms with E-state index in [9.17, 15) is 9.90 Å². The Kier molecular flexibility index (Phi) is 5.73. The number of carbonyl (C=O) groups is 1. The summed E-state index contributed by atoms with van der Waals surface area (Å²) >= 11 is 0. The van der Waals surface area contributed by atoms with Crippen molar-refractivity contribution in [2.24, 2.45) is 0 Å². The molecule has 0 heterocycles. The molecule has 0 aliphatic carbocycles. The second kappa shape index (κ2) is 8.20. The van der Waals surface area contributed by atoms with Crippen molar-refractivity contribution in [1.29, 1.82) is 5.26 Å². The first-order valence-electron chi connectivity index (χ1n) is 7.09. The van der Waals surface area contributed by atoms with Crippen molar-refractivity contribution < 1.29 is 9.90 Å². The Balaban J connectivity index is 2.00. The molecule has 0 radical (unpaired) electrons. The standard InChI is InChI=1S/C19H16N2O2/c20-13-17(11-6-10-16-9-4-5-12-18(16)22)19(23)21-14-15-7-2-1-3-8-15/h1-12,22H,14H2,(H,21,23). The fraction of sp³-hybridized carbons (Fsp3) is 0.0526. The first-order valence-corrected chi connectivity index (χ1v) is 7.09. The molecule has 2 N–H and O–H groups in total. The predicted octanol–water partition coefficient (Wildman–Crippen LogP) is 3.17. The van der Waals surface area contributed by atoms with Crippen molar-refractivity contribution in [2.45, 2.75) is 6.54 Å². The molecular weight excluding hydrogens is 288 g/mol. The number of amides is 1. The Morgan fingerprint density at radius 1 is 1.13 bits per heavy atom. The number of para-hydroxylation sites is 1. The maximum absolute atomic E-state index is 12.0. The first kappa shape index (κ1) is 16.1. The number of rotatable bonds is 5. The molecule has 0 saturated heterocycles. The molecule has 114 valence electrons. The predicted molar refractivity (Wildman–Crippen MR) is 89.1 cm³/mol. The van der Waals surface area contributed by atoms with Gasteiger partial charge in [-0.15, -0.1) is 0 Å². The zero-order valence-electron chi connectivity index (χ0n) is 12.4. The fourth-order valence-corrected chi connectivity index (χ4v) is 1.91. The minimum absolute atomic E-state index is 0.00704. The van der Waals surface area contributed by atoms with E-state index in [0.717, 1.165) is 5.56 Å². The smallest absolute Gasteiger partial charge is 0.262 e. The second-order valence-electron chi connectivity index (χ2n) is 4.78. The average Bonchev–Trinajstić information content (AvgIpc) is 2.59. The maximum atomic E-state index is 12.0. The Hall–Kier alpha value is -3.32. The highest BCUT2D eigenvalue weighted by Gasteiger charge is 2.07. The molecular formula is C19H16N2O2. The lowest BCUT2D eigenvalue weighted by Gasteiger charge is -2.03. The molecule has 0 fully saturated rings. The minimum atomic E-state index is -0.432. The van der Waals surface area contributed by atoms with Crippen molar-refractivity contribution in [2.75, 3.05) is 0 Å². The number of hydrogen-bond acceptors (Lipinski definition) is 3. The van der Waals surface area contributed by atoms with Gasteiger partial charge in [-0.05, 0) is 17.7 Å². The van der Waals surface area contributed by atoms with Crippen LogP contribution in [0.5, 0.6) is 5.75 Å². The average molecular weight is 304 g/mol. The van der Waals surface area contributed by atoms with Crippen LogP contribution < -0.4 is 5.32 Å². The van der Waals surface area contributed by atoms with Crippen molar-refractivity contribution in [3.8, 4) is 11.8 Å². The second-order valence-corrected chi connectivity index (χ2v) is 4.78. The van der Waals surface area contributed by atoms with Crippen LogP contribution >= 0.6 is 0 Å². The maximum Gasteiger partial charge on any atom is 0.262 e. The molecule has 0 aliphatic rings. The molecule has 2 aromatic rings. The third-order valence-corrected chi connectivity index (χ3v) is 3.14. The van der Waals surface area contributed by atoms with E-state index in [-0.39, 0.29) is 11.3 Å². The molecule has 0 aliphatic heterocycles. The molecule has 0 spiro atoms. The van der Waals surface area contributed by atoms with Gasteiger partial charge < -0.3 is 10.4 Å². The summed E-state index contributed by atoms with van der Waals surface area (Å²) in [6, 6.07) is 18.2. The van der Waals surface area contributed by atoms with Crippen LogP contribution in [0.4, 0.5) is 0 Å². The van der Waals surface area contributed by atoms with Gasteiger partial charge >= 0.3 is 0 Å². The molecule has 0 atom stereocenters. The number of nitriles is 1. The van der Waals surface area contributed by atoms with E-state index in [1.807, 2.05) is 36.4 Å². The summed E-state index contributed by atoms with van der Waals surface area (Å²) in [5.41, 5.74) is 1.58. The SMILES string of the molecule is N#CC(=CC=Cc1ccccc1O)C(=O)NCc1ccccc1. The van der Waals surface area contributed by atoms with E-state index in [2.05, 4.69) is 5.32 Å². The van der Waals surface area contributed by atoms with E-state index in [1.165, 1.54) is 6.08 Å². The number of phenolic OH excluding ortho intramolecular Hbond substituents is 1. The quantitative estimate of drug-likeness (QED) is 0.506. The highest BCUT2D eigenvalue weighted by molar-refractivity contribution is 5.97. The molecule has 0 unspecified atom stereocenters. The number of benzene rings is 2. The zero-order chi connectivity index (χ0) is 16.5. The molecule has 1 amide bonds. The van der Waals surface area contributed by atoms with Crippen molar-refractivity contribution in [3.05, 3.63) is 83.4 Å². The summed E-state index contributed by atoms with van der Waals surface area (Å²) in [6.07, 6.45) is 4.62. The van der Waals surface area contributed by atoms with Crippen LogP contribution in [0, 0.1) is 11.3 Å². The highest BCUT2D eigenvalue weighted by Crippen LogP contribution is 2.17. The Labute approximate surface area is 135 Å². The van der Waals surface area contributed by atoms with E-state index in [1.54, 1.807) is 36.4 Å².